The van der Waals surface area contributed by atoms with Crippen LogP contribution < -0.4 is 0 Å². The molecule has 0 N–H and O–H groups in total. The maximum Gasteiger partial charge on any atom is 0.160 e. The van der Waals surface area contributed by atoms with E-state index >= 15 is 0 Å². The van der Waals surface area contributed by atoms with E-state index in [2.05, 4.69) is 231 Å². The highest BCUT2D eigenvalue weighted by molar-refractivity contribution is 6.20. The number of benzene rings is 10. The third-order valence-corrected chi connectivity index (χ3v) is 12.7. The van der Waals surface area contributed by atoms with Gasteiger partial charge < -0.3 is 0 Å². The third kappa shape index (κ3) is 5.50. The molecule has 0 spiro atoms. The van der Waals surface area contributed by atoms with Crippen molar-refractivity contribution in [3.8, 4) is 56.2 Å². The van der Waals surface area contributed by atoms with E-state index in [0.717, 1.165) is 33.6 Å². The number of fused-ring (bicyclic) bond motifs is 7. The van der Waals surface area contributed by atoms with Crippen molar-refractivity contribution < 1.29 is 0 Å². The van der Waals surface area contributed by atoms with Crippen molar-refractivity contribution >= 4 is 32.3 Å². The standard InChI is InChI=1S/C59H38N2/c1-4-18-40(19-5-1)54-38-55(51-29-16-28-50-48-27-14-15-30-53(48)59(57(50)51,44-21-6-2-7-22-44)45-23-8-3-9-24-45)61-58(60-54)42-33-31-41(32-34-42)56-47-26-13-11-20-43(47)37-52-46-25-12-10-17-39(46)35-36-49(52)56/h1-38H. The SMILES string of the molecule is c1ccc(-c2cc(-c3cccc4c3C(c3ccccc3)(c3ccccc3)c3ccccc3-4)nc(-c3ccc(-c4c5ccccc5cc5c4ccc4ccccc45)cc3)n2)cc1. The minimum Gasteiger partial charge on any atom is -0.228 e. The van der Waals surface area contributed by atoms with Crippen LogP contribution in [0.3, 0.4) is 0 Å². The molecule has 0 saturated carbocycles. The van der Waals surface area contributed by atoms with Crippen molar-refractivity contribution in [3.63, 3.8) is 0 Å². The first kappa shape index (κ1) is 35.0. The fourth-order valence-electron chi connectivity index (χ4n) is 10.1. The van der Waals surface area contributed by atoms with E-state index in [9.17, 15) is 0 Å². The van der Waals surface area contributed by atoms with Crippen molar-refractivity contribution in [3.05, 3.63) is 253 Å². The number of hydrogen-bond acceptors (Lipinski definition) is 2. The summed E-state index contributed by atoms with van der Waals surface area (Å²) in [5, 5.41) is 7.49. The van der Waals surface area contributed by atoms with Crippen LogP contribution in [0, 0.1) is 0 Å². The smallest absolute Gasteiger partial charge is 0.160 e. The Morgan fingerprint density at radius 2 is 0.885 bits per heavy atom. The first-order valence-corrected chi connectivity index (χ1v) is 21.0. The van der Waals surface area contributed by atoms with E-state index < -0.39 is 5.41 Å². The molecule has 1 aromatic heterocycles. The summed E-state index contributed by atoms with van der Waals surface area (Å²) in [6, 6.07) is 83.4. The van der Waals surface area contributed by atoms with E-state index in [1.54, 1.807) is 0 Å². The molecule has 2 nitrogen and oxygen atoms in total. The maximum atomic E-state index is 5.52. The first-order chi connectivity index (χ1) is 30.3. The van der Waals surface area contributed by atoms with Crippen molar-refractivity contribution in [2.24, 2.45) is 0 Å². The lowest BCUT2D eigenvalue weighted by Gasteiger charge is -2.35. The number of aromatic nitrogens is 2. The molecule has 0 radical (unpaired) electrons. The van der Waals surface area contributed by atoms with Crippen molar-refractivity contribution in [2.45, 2.75) is 5.41 Å². The Morgan fingerprint density at radius 3 is 1.64 bits per heavy atom. The molecular formula is C59H38N2. The second-order valence-corrected chi connectivity index (χ2v) is 16.0. The molecule has 0 amide bonds. The summed E-state index contributed by atoms with van der Waals surface area (Å²) in [7, 11) is 0. The van der Waals surface area contributed by atoms with Gasteiger partial charge in [-0.3, -0.25) is 0 Å². The molecule has 0 unspecified atom stereocenters. The Morgan fingerprint density at radius 1 is 0.311 bits per heavy atom. The van der Waals surface area contributed by atoms with E-state index in [0.29, 0.717) is 5.82 Å². The molecule has 10 aromatic carbocycles. The Bertz CT molecular complexity index is 3410. The largest absolute Gasteiger partial charge is 0.228 e. The Hall–Kier alpha value is -7.94. The van der Waals surface area contributed by atoms with Crippen LogP contribution in [0.25, 0.3) is 88.5 Å². The second kappa shape index (κ2) is 14.1. The summed E-state index contributed by atoms with van der Waals surface area (Å²) >= 11 is 0. The lowest BCUT2D eigenvalue weighted by atomic mass is 9.66. The van der Waals surface area contributed by atoms with Gasteiger partial charge in [-0.05, 0) is 89.0 Å². The quantitative estimate of drug-likeness (QED) is 0.124. The summed E-state index contributed by atoms with van der Waals surface area (Å²) in [5.41, 5.74) is 14.1. The number of rotatable bonds is 6. The molecule has 0 fully saturated rings. The highest BCUT2D eigenvalue weighted by Gasteiger charge is 2.47. The molecule has 2 heteroatoms. The average Bonchev–Trinajstić information content (AvgIpc) is 3.65. The van der Waals surface area contributed by atoms with Gasteiger partial charge in [0.1, 0.15) is 0 Å². The van der Waals surface area contributed by atoms with Crippen LogP contribution in [-0.4, -0.2) is 9.97 Å². The van der Waals surface area contributed by atoms with Gasteiger partial charge in [-0.1, -0.05) is 218 Å². The van der Waals surface area contributed by atoms with Crippen LogP contribution in [-0.2, 0) is 5.41 Å². The maximum absolute atomic E-state index is 5.52. The number of hydrogen-bond donors (Lipinski definition) is 0. The molecule has 0 aliphatic heterocycles. The molecule has 0 bridgehead atoms. The lowest BCUT2D eigenvalue weighted by molar-refractivity contribution is 0.769. The van der Waals surface area contributed by atoms with Gasteiger partial charge in [-0.15, -0.1) is 0 Å². The minimum atomic E-state index is -0.572. The summed E-state index contributed by atoms with van der Waals surface area (Å²) < 4.78 is 0. The fourth-order valence-corrected chi connectivity index (χ4v) is 10.1. The summed E-state index contributed by atoms with van der Waals surface area (Å²) in [5.74, 6) is 0.690. The molecule has 11 aromatic rings. The van der Waals surface area contributed by atoms with Crippen LogP contribution in [0.2, 0.25) is 0 Å². The Kier molecular flexibility index (Phi) is 8.11. The van der Waals surface area contributed by atoms with E-state index in [-0.39, 0.29) is 0 Å². The molecule has 1 heterocycles. The topological polar surface area (TPSA) is 25.8 Å². The zero-order valence-electron chi connectivity index (χ0n) is 33.3. The zero-order valence-corrected chi connectivity index (χ0v) is 33.3. The highest BCUT2D eigenvalue weighted by atomic mass is 14.9. The first-order valence-electron chi connectivity index (χ1n) is 21.0. The molecule has 0 atom stereocenters. The zero-order chi connectivity index (χ0) is 40.3. The van der Waals surface area contributed by atoms with Gasteiger partial charge in [0.05, 0.1) is 16.8 Å². The van der Waals surface area contributed by atoms with Crippen LogP contribution in [0.1, 0.15) is 22.3 Å². The van der Waals surface area contributed by atoms with Gasteiger partial charge in [0.25, 0.3) is 0 Å². The molecule has 1 aliphatic rings. The van der Waals surface area contributed by atoms with Crippen LogP contribution >= 0.6 is 0 Å². The van der Waals surface area contributed by atoms with Gasteiger partial charge in [0, 0.05) is 16.7 Å². The molecular weight excluding hydrogens is 737 g/mol. The van der Waals surface area contributed by atoms with Gasteiger partial charge in [-0.2, -0.15) is 0 Å². The monoisotopic (exact) mass is 774 g/mol. The average molecular weight is 775 g/mol. The molecule has 284 valence electrons. The van der Waals surface area contributed by atoms with Gasteiger partial charge in [0.15, 0.2) is 5.82 Å². The third-order valence-electron chi connectivity index (χ3n) is 12.7. The molecule has 0 saturated heterocycles. The van der Waals surface area contributed by atoms with Crippen LogP contribution in [0.15, 0.2) is 231 Å². The minimum absolute atomic E-state index is 0.572. The van der Waals surface area contributed by atoms with Crippen molar-refractivity contribution in [1.29, 1.82) is 0 Å². The normalized spacial score (nSPS) is 12.7. The molecule has 61 heavy (non-hydrogen) atoms. The Balaban J connectivity index is 1.08. The number of nitrogens with zero attached hydrogens (tertiary/aromatic N) is 2. The van der Waals surface area contributed by atoms with Gasteiger partial charge in [-0.25, -0.2) is 9.97 Å². The lowest BCUT2D eigenvalue weighted by Crippen LogP contribution is -2.29. The highest BCUT2D eigenvalue weighted by Crippen LogP contribution is 2.58. The van der Waals surface area contributed by atoms with Crippen molar-refractivity contribution in [2.75, 3.05) is 0 Å². The van der Waals surface area contributed by atoms with E-state index in [1.807, 2.05) is 0 Å². The predicted octanol–water partition coefficient (Wildman–Crippen LogP) is 15.0. The summed E-state index contributed by atoms with van der Waals surface area (Å²) in [4.78, 5) is 10.8. The van der Waals surface area contributed by atoms with Gasteiger partial charge in [0.2, 0.25) is 0 Å². The van der Waals surface area contributed by atoms with Crippen LogP contribution in [0.4, 0.5) is 0 Å². The second-order valence-electron chi connectivity index (χ2n) is 16.0. The van der Waals surface area contributed by atoms with Gasteiger partial charge >= 0.3 is 0 Å². The fraction of sp³-hybridized carbons (Fsp3) is 0.0169. The van der Waals surface area contributed by atoms with Crippen LogP contribution in [0.5, 0.6) is 0 Å². The predicted molar refractivity (Wildman–Crippen MR) is 254 cm³/mol. The summed E-state index contributed by atoms with van der Waals surface area (Å²) in [6.45, 7) is 0. The summed E-state index contributed by atoms with van der Waals surface area (Å²) in [6.07, 6.45) is 0. The van der Waals surface area contributed by atoms with E-state index in [4.69, 9.17) is 9.97 Å². The Labute approximate surface area is 355 Å². The van der Waals surface area contributed by atoms with Crippen molar-refractivity contribution in [1.82, 2.24) is 9.97 Å². The molecule has 12 rings (SSSR count). The molecule has 1 aliphatic carbocycles. The van der Waals surface area contributed by atoms with E-state index in [1.165, 1.54) is 71.3 Å².